The highest BCUT2D eigenvalue weighted by Crippen LogP contribution is 2.19. The van der Waals surface area contributed by atoms with Gasteiger partial charge >= 0.3 is 0 Å². The maximum atomic E-state index is 12.5. The molecule has 2 aliphatic heterocycles. The lowest BCUT2D eigenvalue weighted by molar-refractivity contribution is -0.134. The fourth-order valence-corrected chi connectivity index (χ4v) is 3.29. The minimum atomic E-state index is 0.0595. The van der Waals surface area contributed by atoms with Crippen LogP contribution in [0.15, 0.2) is 24.3 Å². The zero-order chi connectivity index (χ0) is 14.7. The molecule has 1 aromatic rings. The molecule has 1 aromatic carbocycles. The number of carbonyl (C=O) groups is 1. The van der Waals surface area contributed by atoms with Crippen molar-refractivity contribution in [1.82, 2.24) is 10.2 Å². The number of nitrogens with zero attached hydrogens (tertiary/aromatic N) is 2. The number of carbonyl (C=O) groups excluding carboxylic acids is 1. The number of aryl methyl sites for hydroxylation is 1. The summed E-state index contributed by atoms with van der Waals surface area (Å²) in [6, 6.07) is 8.67. The zero-order valence-corrected chi connectivity index (χ0v) is 12.8. The van der Waals surface area contributed by atoms with Crippen LogP contribution in [-0.2, 0) is 4.79 Å². The van der Waals surface area contributed by atoms with Crippen LogP contribution in [0, 0.1) is 6.92 Å². The van der Waals surface area contributed by atoms with E-state index in [1.807, 2.05) is 4.90 Å². The van der Waals surface area contributed by atoms with E-state index in [0.29, 0.717) is 5.91 Å². The number of hydrogen-bond acceptors (Lipinski definition) is 3. The second-order valence-electron chi connectivity index (χ2n) is 6.15. The number of piperazine rings is 1. The van der Waals surface area contributed by atoms with Crippen LogP contribution in [0.25, 0.3) is 0 Å². The van der Waals surface area contributed by atoms with E-state index in [4.69, 9.17) is 0 Å². The Balaban J connectivity index is 1.56. The Morgan fingerprint density at radius 1 is 1.19 bits per heavy atom. The standard InChI is InChI=1S/C17H25N3O/c1-14-5-4-6-15(13-14)19-9-11-20(12-10-19)17(21)16-7-2-3-8-18-16/h4-6,13,16,18H,2-3,7-12H2,1H3/t16-/m1/s1. The maximum absolute atomic E-state index is 12.5. The van der Waals surface area contributed by atoms with Gasteiger partial charge in [0.1, 0.15) is 0 Å². The predicted octanol–water partition coefficient (Wildman–Crippen LogP) is 1.79. The van der Waals surface area contributed by atoms with Crippen LogP contribution in [-0.4, -0.2) is 49.6 Å². The smallest absolute Gasteiger partial charge is 0.239 e. The fourth-order valence-electron chi connectivity index (χ4n) is 3.29. The minimum Gasteiger partial charge on any atom is -0.368 e. The molecular weight excluding hydrogens is 262 g/mol. The predicted molar refractivity (Wildman–Crippen MR) is 85.6 cm³/mol. The molecule has 0 radical (unpaired) electrons. The number of anilines is 1. The third-order valence-corrected chi connectivity index (χ3v) is 4.57. The number of hydrogen-bond donors (Lipinski definition) is 1. The van der Waals surface area contributed by atoms with Crippen LogP contribution in [0.4, 0.5) is 5.69 Å². The van der Waals surface area contributed by atoms with Gasteiger partial charge in [0.2, 0.25) is 5.91 Å². The first-order valence-electron chi connectivity index (χ1n) is 8.08. The second kappa shape index (κ2) is 6.48. The van der Waals surface area contributed by atoms with Crippen molar-refractivity contribution in [2.75, 3.05) is 37.6 Å². The van der Waals surface area contributed by atoms with Gasteiger partial charge in [-0.1, -0.05) is 18.6 Å². The molecule has 0 unspecified atom stereocenters. The summed E-state index contributed by atoms with van der Waals surface area (Å²) in [6.45, 7) is 6.65. The van der Waals surface area contributed by atoms with Crippen LogP contribution in [0.5, 0.6) is 0 Å². The largest absolute Gasteiger partial charge is 0.368 e. The third kappa shape index (κ3) is 3.38. The second-order valence-corrected chi connectivity index (χ2v) is 6.15. The molecule has 1 amide bonds. The van der Waals surface area contributed by atoms with Crippen molar-refractivity contribution in [3.8, 4) is 0 Å². The normalized spacial score (nSPS) is 23.2. The molecule has 4 heteroatoms. The van der Waals surface area contributed by atoms with E-state index in [2.05, 4.69) is 41.4 Å². The van der Waals surface area contributed by atoms with Gasteiger partial charge in [0.25, 0.3) is 0 Å². The molecule has 0 bridgehead atoms. The molecule has 2 aliphatic rings. The average Bonchev–Trinajstić information content (AvgIpc) is 2.55. The minimum absolute atomic E-state index is 0.0595. The first-order chi connectivity index (χ1) is 10.2. The molecule has 0 spiro atoms. The van der Waals surface area contributed by atoms with Crippen LogP contribution < -0.4 is 10.2 Å². The third-order valence-electron chi connectivity index (χ3n) is 4.57. The summed E-state index contributed by atoms with van der Waals surface area (Å²) < 4.78 is 0. The van der Waals surface area contributed by atoms with Gasteiger partial charge in [0, 0.05) is 31.9 Å². The molecule has 0 aliphatic carbocycles. The van der Waals surface area contributed by atoms with Crippen molar-refractivity contribution >= 4 is 11.6 Å². The van der Waals surface area contributed by atoms with E-state index >= 15 is 0 Å². The summed E-state index contributed by atoms with van der Waals surface area (Å²) >= 11 is 0. The lowest BCUT2D eigenvalue weighted by Gasteiger charge is -2.38. The van der Waals surface area contributed by atoms with Crippen LogP contribution in [0.1, 0.15) is 24.8 Å². The zero-order valence-electron chi connectivity index (χ0n) is 12.8. The van der Waals surface area contributed by atoms with Gasteiger partial charge in [-0.15, -0.1) is 0 Å². The molecule has 114 valence electrons. The highest BCUT2D eigenvalue weighted by atomic mass is 16.2. The number of nitrogens with one attached hydrogen (secondary N) is 1. The number of amides is 1. The molecule has 2 fully saturated rings. The molecule has 0 aromatic heterocycles. The van der Waals surface area contributed by atoms with E-state index in [-0.39, 0.29) is 6.04 Å². The highest BCUT2D eigenvalue weighted by Gasteiger charge is 2.28. The molecule has 1 atom stereocenters. The molecule has 21 heavy (non-hydrogen) atoms. The SMILES string of the molecule is Cc1cccc(N2CCN(C(=O)[C@H]3CCCCN3)CC2)c1. The number of benzene rings is 1. The lowest BCUT2D eigenvalue weighted by Crippen LogP contribution is -2.55. The van der Waals surface area contributed by atoms with Crippen LogP contribution in [0.2, 0.25) is 0 Å². The fraction of sp³-hybridized carbons (Fsp3) is 0.588. The topological polar surface area (TPSA) is 35.6 Å². The Labute approximate surface area is 127 Å². The number of piperidine rings is 1. The van der Waals surface area contributed by atoms with Crippen molar-refractivity contribution in [2.45, 2.75) is 32.2 Å². The van der Waals surface area contributed by atoms with Crippen molar-refractivity contribution in [3.63, 3.8) is 0 Å². The van der Waals surface area contributed by atoms with Gasteiger partial charge in [0.05, 0.1) is 6.04 Å². The van der Waals surface area contributed by atoms with Crippen molar-refractivity contribution < 1.29 is 4.79 Å². The first kappa shape index (κ1) is 14.4. The van der Waals surface area contributed by atoms with Crippen molar-refractivity contribution in [2.24, 2.45) is 0 Å². The quantitative estimate of drug-likeness (QED) is 0.901. The van der Waals surface area contributed by atoms with Gasteiger partial charge in [0.15, 0.2) is 0 Å². The average molecular weight is 287 g/mol. The van der Waals surface area contributed by atoms with E-state index in [1.54, 1.807) is 0 Å². The lowest BCUT2D eigenvalue weighted by atomic mass is 10.0. The summed E-state index contributed by atoms with van der Waals surface area (Å²) in [4.78, 5) is 16.9. The van der Waals surface area contributed by atoms with E-state index in [0.717, 1.165) is 39.1 Å². The van der Waals surface area contributed by atoms with Crippen LogP contribution in [0.3, 0.4) is 0 Å². The van der Waals surface area contributed by atoms with Gasteiger partial charge in [-0.2, -0.15) is 0 Å². The molecule has 2 heterocycles. The molecular formula is C17H25N3O. The molecule has 0 saturated carbocycles. The molecule has 1 N–H and O–H groups in total. The molecule has 2 saturated heterocycles. The Morgan fingerprint density at radius 3 is 2.67 bits per heavy atom. The molecule has 4 nitrogen and oxygen atoms in total. The monoisotopic (exact) mass is 287 g/mol. The van der Waals surface area contributed by atoms with Crippen molar-refractivity contribution in [1.29, 1.82) is 0 Å². The summed E-state index contributed by atoms with van der Waals surface area (Å²) in [5, 5.41) is 3.36. The Hall–Kier alpha value is -1.55. The summed E-state index contributed by atoms with van der Waals surface area (Å²) in [5.74, 6) is 0.304. The highest BCUT2D eigenvalue weighted by molar-refractivity contribution is 5.82. The van der Waals surface area contributed by atoms with Gasteiger partial charge in [-0.05, 0) is 44.0 Å². The Morgan fingerprint density at radius 2 is 2.00 bits per heavy atom. The van der Waals surface area contributed by atoms with Crippen molar-refractivity contribution in [3.05, 3.63) is 29.8 Å². The van der Waals surface area contributed by atoms with Gasteiger partial charge in [-0.25, -0.2) is 0 Å². The summed E-state index contributed by atoms with van der Waals surface area (Å²) in [5.41, 5.74) is 2.57. The maximum Gasteiger partial charge on any atom is 0.239 e. The van der Waals surface area contributed by atoms with E-state index < -0.39 is 0 Å². The molecule has 3 rings (SSSR count). The van der Waals surface area contributed by atoms with Gasteiger partial charge in [-0.3, -0.25) is 4.79 Å². The van der Waals surface area contributed by atoms with E-state index in [9.17, 15) is 4.79 Å². The number of rotatable bonds is 2. The summed E-state index contributed by atoms with van der Waals surface area (Å²) in [7, 11) is 0. The Kier molecular flexibility index (Phi) is 4.44. The van der Waals surface area contributed by atoms with Crippen LogP contribution >= 0.6 is 0 Å². The summed E-state index contributed by atoms with van der Waals surface area (Å²) in [6.07, 6.45) is 3.37. The Bertz CT molecular complexity index is 489. The van der Waals surface area contributed by atoms with Gasteiger partial charge < -0.3 is 15.1 Å². The first-order valence-corrected chi connectivity index (χ1v) is 8.08. The van der Waals surface area contributed by atoms with E-state index in [1.165, 1.54) is 24.1 Å².